The maximum atomic E-state index is 5.03. The lowest BCUT2D eigenvalue weighted by atomic mass is 10.1. The minimum atomic E-state index is 0.645. The summed E-state index contributed by atoms with van der Waals surface area (Å²) in [5.74, 6) is 1.47. The Kier molecular flexibility index (Phi) is 5.63. The monoisotopic (exact) mass is 325 g/mol. The molecule has 0 aliphatic carbocycles. The van der Waals surface area contributed by atoms with E-state index >= 15 is 0 Å². The van der Waals surface area contributed by atoms with E-state index in [1.165, 1.54) is 16.5 Å². The van der Waals surface area contributed by atoms with Gasteiger partial charge in [0.25, 0.3) is 0 Å². The highest BCUT2D eigenvalue weighted by Gasteiger charge is 2.03. The first-order chi connectivity index (χ1) is 11.9. The fourth-order valence-corrected chi connectivity index (χ4v) is 2.62. The van der Waals surface area contributed by atoms with Crippen molar-refractivity contribution in [1.82, 2.24) is 15.0 Å². The van der Waals surface area contributed by atoms with Gasteiger partial charge in [-0.1, -0.05) is 18.2 Å². The Hall–Kier alpha value is -2.60. The fourth-order valence-electron chi connectivity index (χ4n) is 2.62. The first-order valence-corrected chi connectivity index (χ1v) is 8.21. The lowest BCUT2D eigenvalue weighted by Gasteiger charge is -2.08. The normalized spacial score (nSPS) is 10.9. The number of anilines is 2. The minimum absolute atomic E-state index is 0.645. The number of aromatic amines is 1. The van der Waals surface area contributed by atoms with Crippen LogP contribution in [0.3, 0.4) is 0 Å². The first-order valence-electron chi connectivity index (χ1n) is 8.21. The van der Waals surface area contributed by atoms with Crippen LogP contribution in [0.2, 0.25) is 0 Å². The highest BCUT2D eigenvalue weighted by molar-refractivity contribution is 5.83. The molecule has 0 saturated carbocycles. The van der Waals surface area contributed by atoms with Gasteiger partial charge in [0.05, 0.1) is 0 Å². The van der Waals surface area contributed by atoms with Crippen molar-refractivity contribution in [2.75, 3.05) is 37.4 Å². The Morgan fingerprint density at radius 2 is 2.04 bits per heavy atom. The zero-order valence-electron chi connectivity index (χ0n) is 13.9. The van der Waals surface area contributed by atoms with Crippen LogP contribution >= 0.6 is 0 Å². The predicted octanol–water partition coefficient (Wildman–Crippen LogP) is 3.06. The van der Waals surface area contributed by atoms with Crippen molar-refractivity contribution in [3.63, 3.8) is 0 Å². The molecule has 0 atom stereocenters. The lowest BCUT2D eigenvalue weighted by molar-refractivity contribution is 0.198. The summed E-state index contributed by atoms with van der Waals surface area (Å²) in [6.07, 6.45) is 5.70. The summed E-state index contributed by atoms with van der Waals surface area (Å²) < 4.78 is 5.03. The average Bonchev–Trinajstić information content (AvgIpc) is 3.03. The van der Waals surface area contributed by atoms with E-state index in [9.17, 15) is 0 Å². The summed E-state index contributed by atoms with van der Waals surface area (Å²) in [5, 5.41) is 7.83. The third-order valence-electron chi connectivity index (χ3n) is 3.84. The molecular formula is C18H23N5O. The lowest BCUT2D eigenvalue weighted by Crippen LogP contribution is -2.10. The van der Waals surface area contributed by atoms with Gasteiger partial charge in [-0.15, -0.1) is 0 Å². The number of nitrogens with one attached hydrogen (secondary N) is 3. The largest absolute Gasteiger partial charge is 0.385 e. The van der Waals surface area contributed by atoms with Crippen molar-refractivity contribution in [2.24, 2.45) is 0 Å². The first kappa shape index (κ1) is 16.3. The molecule has 1 aromatic carbocycles. The SMILES string of the molecule is COCCCNc1ccnc(NCCc2c[nH]c3ccccc23)n1. The highest BCUT2D eigenvalue weighted by atomic mass is 16.5. The molecule has 0 aliphatic heterocycles. The van der Waals surface area contributed by atoms with Crippen LogP contribution in [0, 0.1) is 0 Å². The number of hydrogen-bond acceptors (Lipinski definition) is 5. The molecule has 0 unspecified atom stereocenters. The molecule has 0 aliphatic rings. The van der Waals surface area contributed by atoms with Crippen molar-refractivity contribution in [1.29, 1.82) is 0 Å². The van der Waals surface area contributed by atoms with Gasteiger partial charge in [-0.05, 0) is 30.5 Å². The zero-order chi connectivity index (χ0) is 16.6. The Labute approximate surface area is 141 Å². The van der Waals surface area contributed by atoms with Gasteiger partial charge in [-0.2, -0.15) is 4.98 Å². The van der Waals surface area contributed by atoms with Crippen LogP contribution < -0.4 is 10.6 Å². The van der Waals surface area contributed by atoms with Crippen molar-refractivity contribution < 1.29 is 4.74 Å². The molecule has 0 bridgehead atoms. The Morgan fingerprint density at radius 3 is 2.96 bits per heavy atom. The second-order valence-electron chi connectivity index (χ2n) is 5.57. The van der Waals surface area contributed by atoms with Crippen molar-refractivity contribution in [3.05, 3.63) is 48.3 Å². The molecule has 0 amide bonds. The summed E-state index contributed by atoms with van der Waals surface area (Å²) in [7, 11) is 1.71. The van der Waals surface area contributed by atoms with Gasteiger partial charge in [0.1, 0.15) is 5.82 Å². The maximum Gasteiger partial charge on any atom is 0.224 e. The molecule has 3 N–H and O–H groups in total. The second-order valence-corrected chi connectivity index (χ2v) is 5.57. The number of ether oxygens (including phenoxy) is 1. The molecule has 3 aromatic rings. The number of aromatic nitrogens is 3. The standard InChI is InChI=1S/C18H23N5O/c1-24-12-4-9-19-17-8-11-21-18(23-17)20-10-7-14-13-22-16-6-3-2-5-15(14)16/h2-3,5-6,8,11,13,22H,4,7,9-10,12H2,1H3,(H2,19,20,21,23). The van der Waals surface area contributed by atoms with Crippen LogP contribution in [0.5, 0.6) is 0 Å². The van der Waals surface area contributed by atoms with Gasteiger partial charge in [0.2, 0.25) is 5.95 Å². The summed E-state index contributed by atoms with van der Waals surface area (Å²) >= 11 is 0. The summed E-state index contributed by atoms with van der Waals surface area (Å²) in [4.78, 5) is 12.0. The van der Waals surface area contributed by atoms with E-state index in [-0.39, 0.29) is 0 Å². The van der Waals surface area contributed by atoms with Gasteiger partial charge in [-0.25, -0.2) is 4.98 Å². The van der Waals surface area contributed by atoms with Crippen LogP contribution in [0.25, 0.3) is 10.9 Å². The molecule has 2 heterocycles. The number of methoxy groups -OCH3 is 1. The molecule has 0 spiro atoms. The van der Waals surface area contributed by atoms with Crippen molar-refractivity contribution in [3.8, 4) is 0 Å². The topological polar surface area (TPSA) is 74.9 Å². The molecule has 6 heteroatoms. The third kappa shape index (κ3) is 4.23. The molecule has 0 saturated heterocycles. The van der Waals surface area contributed by atoms with Gasteiger partial charge in [0, 0.05) is 50.1 Å². The van der Waals surface area contributed by atoms with E-state index in [0.717, 1.165) is 38.4 Å². The van der Waals surface area contributed by atoms with E-state index in [0.29, 0.717) is 5.95 Å². The highest BCUT2D eigenvalue weighted by Crippen LogP contribution is 2.18. The van der Waals surface area contributed by atoms with Gasteiger partial charge in [0.15, 0.2) is 0 Å². The molecule has 2 aromatic heterocycles. The Balaban J connectivity index is 1.51. The number of hydrogen-bond donors (Lipinski definition) is 3. The predicted molar refractivity (Wildman–Crippen MR) is 97.5 cm³/mol. The number of H-pyrrole nitrogens is 1. The average molecular weight is 325 g/mol. The van der Waals surface area contributed by atoms with E-state index in [2.05, 4.69) is 50.0 Å². The van der Waals surface area contributed by atoms with Crippen LogP contribution in [-0.2, 0) is 11.2 Å². The third-order valence-corrected chi connectivity index (χ3v) is 3.84. The van der Waals surface area contributed by atoms with E-state index < -0.39 is 0 Å². The molecular weight excluding hydrogens is 302 g/mol. The Bertz CT molecular complexity index is 771. The fraction of sp³-hybridized carbons (Fsp3) is 0.333. The quantitative estimate of drug-likeness (QED) is 0.527. The van der Waals surface area contributed by atoms with Gasteiger partial charge in [-0.3, -0.25) is 0 Å². The number of rotatable bonds is 9. The van der Waals surface area contributed by atoms with E-state index in [4.69, 9.17) is 4.74 Å². The number of nitrogens with zero attached hydrogens (tertiary/aromatic N) is 2. The maximum absolute atomic E-state index is 5.03. The van der Waals surface area contributed by atoms with Crippen molar-refractivity contribution >= 4 is 22.7 Å². The molecule has 6 nitrogen and oxygen atoms in total. The summed E-state index contributed by atoms with van der Waals surface area (Å²) in [6, 6.07) is 10.2. The number of para-hydroxylation sites is 1. The summed E-state index contributed by atoms with van der Waals surface area (Å²) in [5.41, 5.74) is 2.47. The zero-order valence-corrected chi connectivity index (χ0v) is 13.9. The van der Waals surface area contributed by atoms with Gasteiger partial charge < -0.3 is 20.4 Å². The summed E-state index contributed by atoms with van der Waals surface area (Å²) in [6.45, 7) is 2.36. The Morgan fingerprint density at radius 1 is 1.12 bits per heavy atom. The van der Waals surface area contributed by atoms with E-state index in [1.54, 1.807) is 13.3 Å². The molecule has 0 fully saturated rings. The molecule has 3 rings (SSSR count). The van der Waals surface area contributed by atoms with Crippen molar-refractivity contribution in [2.45, 2.75) is 12.8 Å². The van der Waals surface area contributed by atoms with Crippen LogP contribution in [0.1, 0.15) is 12.0 Å². The van der Waals surface area contributed by atoms with Crippen LogP contribution in [0.15, 0.2) is 42.7 Å². The van der Waals surface area contributed by atoms with Crippen LogP contribution in [0.4, 0.5) is 11.8 Å². The minimum Gasteiger partial charge on any atom is -0.385 e. The second kappa shape index (κ2) is 8.31. The van der Waals surface area contributed by atoms with Gasteiger partial charge >= 0.3 is 0 Å². The number of fused-ring (bicyclic) bond motifs is 1. The molecule has 24 heavy (non-hydrogen) atoms. The van der Waals surface area contributed by atoms with Crippen LogP contribution in [-0.4, -0.2) is 41.8 Å². The number of benzene rings is 1. The smallest absolute Gasteiger partial charge is 0.224 e. The molecule has 0 radical (unpaired) electrons. The molecule has 126 valence electrons. The van der Waals surface area contributed by atoms with E-state index in [1.807, 2.05) is 12.1 Å².